The first-order chi connectivity index (χ1) is 12.9. The van der Waals surface area contributed by atoms with Crippen LogP contribution < -0.4 is 25.4 Å². The zero-order chi connectivity index (χ0) is 19.8. The first-order valence-electron chi connectivity index (χ1n) is 8.18. The Hall–Kier alpha value is -3.55. The lowest BCUT2D eigenvalue weighted by Gasteiger charge is -2.14. The lowest BCUT2D eigenvalue weighted by atomic mass is 10.2. The first-order valence-corrected chi connectivity index (χ1v) is 8.18. The third-order valence-electron chi connectivity index (χ3n) is 3.61. The van der Waals surface area contributed by atoms with Gasteiger partial charge in [-0.3, -0.25) is 14.9 Å². The van der Waals surface area contributed by atoms with Crippen molar-refractivity contribution >= 4 is 23.5 Å². The van der Waals surface area contributed by atoms with Gasteiger partial charge < -0.3 is 20.1 Å². The minimum absolute atomic E-state index is 0.306. The summed E-state index contributed by atoms with van der Waals surface area (Å²) in [5.74, 6) is 0.0260. The topological polar surface area (TPSA) is 106 Å². The van der Waals surface area contributed by atoms with Crippen LogP contribution in [0.25, 0.3) is 0 Å². The highest BCUT2D eigenvalue weighted by Crippen LogP contribution is 2.21. The maximum absolute atomic E-state index is 12.4. The van der Waals surface area contributed by atoms with Crippen molar-refractivity contribution in [3.8, 4) is 11.5 Å². The lowest BCUT2D eigenvalue weighted by Crippen LogP contribution is -2.43. The van der Waals surface area contributed by atoms with Gasteiger partial charge in [0, 0.05) is 12.7 Å². The molecule has 4 amide bonds. The number of hydrogen-bond donors (Lipinski definition) is 3. The summed E-state index contributed by atoms with van der Waals surface area (Å²) in [6.07, 6.45) is -0.865. The predicted molar refractivity (Wildman–Crippen MR) is 100 cm³/mol. The van der Waals surface area contributed by atoms with E-state index in [9.17, 15) is 14.4 Å². The van der Waals surface area contributed by atoms with E-state index in [1.165, 1.54) is 21.1 Å². The summed E-state index contributed by atoms with van der Waals surface area (Å²) in [5.41, 5.74) is 0.973. The molecule has 0 saturated carbocycles. The molecule has 0 heterocycles. The van der Waals surface area contributed by atoms with Crippen LogP contribution in [0.2, 0.25) is 0 Å². The smallest absolute Gasteiger partial charge is 0.321 e. The van der Waals surface area contributed by atoms with Crippen LogP contribution in [-0.4, -0.2) is 38.1 Å². The van der Waals surface area contributed by atoms with E-state index in [1.807, 2.05) is 0 Å². The van der Waals surface area contributed by atoms with Crippen molar-refractivity contribution in [2.75, 3.05) is 19.5 Å². The molecule has 0 bridgehead atoms. The zero-order valence-electron chi connectivity index (χ0n) is 15.2. The molecule has 8 nitrogen and oxygen atoms in total. The molecule has 0 aliphatic rings. The molecule has 2 aromatic carbocycles. The van der Waals surface area contributed by atoms with Gasteiger partial charge in [-0.15, -0.1) is 0 Å². The number of benzene rings is 2. The highest BCUT2D eigenvalue weighted by atomic mass is 16.5. The molecular formula is C19H21N3O5. The van der Waals surface area contributed by atoms with Crippen LogP contribution in [0.3, 0.4) is 0 Å². The molecule has 2 rings (SSSR count). The lowest BCUT2D eigenvalue weighted by molar-refractivity contribution is -0.126. The van der Waals surface area contributed by atoms with Gasteiger partial charge >= 0.3 is 6.03 Å². The van der Waals surface area contributed by atoms with Gasteiger partial charge in [-0.2, -0.15) is 0 Å². The maximum Gasteiger partial charge on any atom is 0.321 e. The number of methoxy groups -OCH3 is 1. The molecule has 0 aromatic heterocycles. The number of anilines is 1. The quantitative estimate of drug-likeness (QED) is 0.722. The maximum atomic E-state index is 12.4. The Kier molecular flexibility index (Phi) is 6.76. The largest absolute Gasteiger partial charge is 0.496 e. The Morgan fingerprint density at radius 1 is 1.00 bits per heavy atom. The van der Waals surface area contributed by atoms with Gasteiger partial charge in [-0.25, -0.2) is 4.79 Å². The van der Waals surface area contributed by atoms with Crippen LogP contribution in [0.5, 0.6) is 11.5 Å². The number of imide groups is 1. The first kappa shape index (κ1) is 19.8. The molecule has 142 valence electrons. The summed E-state index contributed by atoms with van der Waals surface area (Å²) in [6.45, 7) is 1.52. The van der Waals surface area contributed by atoms with Crippen LogP contribution in [0, 0.1) is 0 Å². The fourth-order valence-corrected chi connectivity index (χ4v) is 2.18. The Balaban J connectivity index is 1.97. The molecule has 1 atom stereocenters. The van der Waals surface area contributed by atoms with Crippen molar-refractivity contribution in [2.45, 2.75) is 13.0 Å². The molecule has 0 saturated heterocycles. The molecule has 0 spiro atoms. The molecule has 2 aromatic rings. The van der Waals surface area contributed by atoms with Crippen molar-refractivity contribution in [2.24, 2.45) is 0 Å². The molecule has 27 heavy (non-hydrogen) atoms. The molecule has 0 fully saturated rings. The standard InChI is InChI=1S/C19H21N3O5/c1-12(17(23)22-19(25)20-2)27-14-10-8-13(9-11-14)21-18(24)15-6-4-5-7-16(15)26-3/h4-12H,1-3H3,(H,21,24)(H2,20,22,23,25). The van der Waals surface area contributed by atoms with Crippen molar-refractivity contribution in [3.63, 3.8) is 0 Å². The monoisotopic (exact) mass is 371 g/mol. The number of carbonyl (C=O) groups is 3. The number of urea groups is 1. The van der Waals surface area contributed by atoms with E-state index >= 15 is 0 Å². The molecular weight excluding hydrogens is 350 g/mol. The number of ether oxygens (including phenoxy) is 2. The summed E-state index contributed by atoms with van der Waals surface area (Å²) in [5, 5.41) is 7.18. The summed E-state index contributed by atoms with van der Waals surface area (Å²) in [6, 6.07) is 12.8. The minimum Gasteiger partial charge on any atom is -0.496 e. The van der Waals surface area contributed by atoms with Crippen LogP contribution in [0.4, 0.5) is 10.5 Å². The van der Waals surface area contributed by atoms with E-state index in [1.54, 1.807) is 48.5 Å². The molecule has 8 heteroatoms. The summed E-state index contributed by atoms with van der Waals surface area (Å²) in [7, 11) is 2.91. The summed E-state index contributed by atoms with van der Waals surface area (Å²) < 4.78 is 10.7. The zero-order valence-corrected chi connectivity index (χ0v) is 15.2. The van der Waals surface area contributed by atoms with Gasteiger partial charge in [0.15, 0.2) is 6.10 Å². The van der Waals surface area contributed by atoms with Crippen LogP contribution >= 0.6 is 0 Å². The highest BCUT2D eigenvalue weighted by molar-refractivity contribution is 6.06. The molecule has 0 radical (unpaired) electrons. The number of rotatable bonds is 6. The van der Waals surface area contributed by atoms with Gasteiger partial charge in [-0.05, 0) is 43.3 Å². The van der Waals surface area contributed by atoms with Crippen molar-refractivity contribution in [1.82, 2.24) is 10.6 Å². The number of hydrogen-bond acceptors (Lipinski definition) is 5. The molecule has 0 aliphatic carbocycles. The Morgan fingerprint density at radius 2 is 1.67 bits per heavy atom. The predicted octanol–water partition coefficient (Wildman–Crippen LogP) is 2.17. The Labute approximate surface area is 156 Å². The van der Waals surface area contributed by atoms with Gasteiger partial charge in [0.2, 0.25) is 0 Å². The third-order valence-corrected chi connectivity index (χ3v) is 3.61. The van der Waals surface area contributed by atoms with Crippen molar-refractivity contribution in [1.29, 1.82) is 0 Å². The van der Waals surface area contributed by atoms with E-state index in [0.717, 1.165) is 0 Å². The second kappa shape index (κ2) is 9.23. The highest BCUT2D eigenvalue weighted by Gasteiger charge is 2.17. The number of carbonyl (C=O) groups excluding carboxylic acids is 3. The SMILES string of the molecule is CNC(=O)NC(=O)C(C)Oc1ccc(NC(=O)c2ccccc2OC)cc1. The van der Waals surface area contributed by atoms with E-state index < -0.39 is 18.0 Å². The van der Waals surface area contributed by atoms with Gasteiger partial charge in [-0.1, -0.05) is 12.1 Å². The van der Waals surface area contributed by atoms with Crippen molar-refractivity contribution < 1.29 is 23.9 Å². The second-order valence-electron chi connectivity index (χ2n) is 5.51. The van der Waals surface area contributed by atoms with Gasteiger partial charge in [0.1, 0.15) is 11.5 Å². The average molecular weight is 371 g/mol. The van der Waals surface area contributed by atoms with Gasteiger partial charge in [0.05, 0.1) is 12.7 Å². The Bertz CT molecular complexity index is 820. The van der Waals surface area contributed by atoms with Gasteiger partial charge in [0.25, 0.3) is 11.8 Å². The fraction of sp³-hybridized carbons (Fsp3) is 0.211. The van der Waals surface area contributed by atoms with E-state index in [2.05, 4.69) is 16.0 Å². The van der Waals surface area contributed by atoms with Crippen molar-refractivity contribution in [3.05, 3.63) is 54.1 Å². The minimum atomic E-state index is -0.865. The number of nitrogens with one attached hydrogen (secondary N) is 3. The Morgan fingerprint density at radius 3 is 2.30 bits per heavy atom. The number of para-hydroxylation sites is 1. The van der Waals surface area contributed by atoms with Crippen LogP contribution in [0.15, 0.2) is 48.5 Å². The van der Waals surface area contributed by atoms with Crippen LogP contribution in [-0.2, 0) is 4.79 Å². The molecule has 0 aliphatic heterocycles. The average Bonchev–Trinajstić information content (AvgIpc) is 2.69. The third kappa shape index (κ3) is 5.46. The summed E-state index contributed by atoms with van der Waals surface area (Å²) >= 11 is 0. The van der Waals surface area contributed by atoms with Crippen LogP contribution in [0.1, 0.15) is 17.3 Å². The molecule has 1 unspecified atom stereocenters. The normalized spacial score (nSPS) is 11.1. The van der Waals surface area contributed by atoms with E-state index in [-0.39, 0.29) is 5.91 Å². The molecule has 3 N–H and O–H groups in total. The fourth-order valence-electron chi connectivity index (χ4n) is 2.18. The van der Waals surface area contributed by atoms with E-state index in [4.69, 9.17) is 9.47 Å². The second-order valence-corrected chi connectivity index (χ2v) is 5.51. The number of amides is 4. The summed E-state index contributed by atoms with van der Waals surface area (Å²) in [4.78, 5) is 35.3. The van der Waals surface area contributed by atoms with E-state index in [0.29, 0.717) is 22.7 Å².